The lowest BCUT2D eigenvalue weighted by molar-refractivity contribution is 0.590. The van der Waals surface area contributed by atoms with Gasteiger partial charge < -0.3 is 5.32 Å². The minimum absolute atomic E-state index is 0.184. The molecule has 0 saturated carbocycles. The lowest BCUT2D eigenvalue weighted by atomic mass is 9.86. The van der Waals surface area contributed by atoms with Crippen molar-refractivity contribution < 1.29 is 0 Å². The number of anilines is 1. The van der Waals surface area contributed by atoms with Crippen LogP contribution in [0.25, 0.3) is 5.70 Å². The van der Waals surface area contributed by atoms with Crippen molar-refractivity contribution in [3.05, 3.63) is 71.8 Å². The zero-order valence-electron chi connectivity index (χ0n) is 12.8. The molecule has 2 aromatic rings. The zero-order chi connectivity index (χ0) is 14.8. The molecule has 0 heterocycles. The Hall–Kier alpha value is -2.02. The molecule has 0 atom stereocenters. The molecule has 0 fully saturated rings. The fourth-order valence-corrected chi connectivity index (χ4v) is 2.14. The van der Waals surface area contributed by atoms with Crippen LogP contribution >= 0.6 is 0 Å². The Morgan fingerprint density at radius 1 is 1.00 bits per heavy atom. The zero-order valence-corrected chi connectivity index (χ0v) is 12.8. The molecule has 2 aromatic carbocycles. The van der Waals surface area contributed by atoms with Gasteiger partial charge in [-0.05, 0) is 41.2 Å². The number of hydrogen-bond acceptors (Lipinski definition) is 1. The van der Waals surface area contributed by atoms with E-state index in [1.54, 1.807) is 0 Å². The molecule has 0 aliphatic heterocycles. The molecule has 0 aromatic heterocycles. The second kappa shape index (κ2) is 5.54. The molecular formula is C19H23N. The van der Waals surface area contributed by atoms with Gasteiger partial charge in [-0.2, -0.15) is 0 Å². The molecule has 0 aliphatic carbocycles. The molecule has 0 radical (unpaired) electrons. The van der Waals surface area contributed by atoms with Gasteiger partial charge in [0.15, 0.2) is 0 Å². The maximum absolute atomic E-state index is 4.13. The number of benzene rings is 2. The van der Waals surface area contributed by atoms with E-state index in [4.69, 9.17) is 0 Å². The Morgan fingerprint density at radius 2 is 1.65 bits per heavy atom. The van der Waals surface area contributed by atoms with Crippen LogP contribution in [0.3, 0.4) is 0 Å². The lowest BCUT2D eigenvalue weighted by Crippen LogP contribution is -2.10. The Labute approximate surface area is 122 Å². The van der Waals surface area contributed by atoms with E-state index >= 15 is 0 Å². The quantitative estimate of drug-likeness (QED) is 0.786. The van der Waals surface area contributed by atoms with Gasteiger partial charge in [0.25, 0.3) is 0 Å². The van der Waals surface area contributed by atoms with E-state index in [1.807, 2.05) is 6.07 Å². The highest BCUT2D eigenvalue weighted by atomic mass is 14.9. The molecule has 1 N–H and O–H groups in total. The van der Waals surface area contributed by atoms with Gasteiger partial charge in [-0.15, -0.1) is 0 Å². The van der Waals surface area contributed by atoms with Gasteiger partial charge in [-0.25, -0.2) is 0 Å². The van der Waals surface area contributed by atoms with Crippen molar-refractivity contribution in [2.24, 2.45) is 0 Å². The van der Waals surface area contributed by atoms with E-state index in [-0.39, 0.29) is 5.41 Å². The van der Waals surface area contributed by atoms with Crippen LogP contribution in [0.2, 0.25) is 0 Å². The van der Waals surface area contributed by atoms with Crippen LogP contribution in [0.5, 0.6) is 0 Å². The monoisotopic (exact) mass is 265 g/mol. The van der Waals surface area contributed by atoms with E-state index in [0.717, 1.165) is 16.9 Å². The molecular weight excluding hydrogens is 242 g/mol. The maximum Gasteiger partial charge on any atom is 0.0386 e. The maximum atomic E-state index is 4.13. The van der Waals surface area contributed by atoms with Crippen LogP contribution < -0.4 is 5.32 Å². The van der Waals surface area contributed by atoms with E-state index in [0.29, 0.717) is 0 Å². The van der Waals surface area contributed by atoms with Crippen molar-refractivity contribution >= 4 is 11.4 Å². The van der Waals surface area contributed by atoms with Crippen LogP contribution in [0.1, 0.15) is 37.5 Å². The minimum atomic E-state index is 0.184. The van der Waals surface area contributed by atoms with Crippen LogP contribution in [0.4, 0.5) is 5.69 Å². The molecule has 1 heteroatoms. The minimum Gasteiger partial charge on any atom is -0.356 e. The van der Waals surface area contributed by atoms with Crippen LogP contribution in [-0.4, -0.2) is 0 Å². The molecule has 20 heavy (non-hydrogen) atoms. The fourth-order valence-electron chi connectivity index (χ4n) is 2.14. The first kappa shape index (κ1) is 14.4. The number of rotatable bonds is 3. The van der Waals surface area contributed by atoms with E-state index in [9.17, 15) is 0 Å². The average molecular weight is 265 g/mol. The standard InChI is InChI=1S/C19H23N/c1-14-7-6-8-18(13-14)20-15(2)16-9-11-17(12-10-16)19(3,4)5/h6-13,20H,2H2,1,3-5H3. The van der Waals surface area contributed by atoms with E-state index < -0.39 is 0 Å². The highest BCUT2D eigenvalue weighted by Crippen LogP contribution is 2.24. The molecule has 1 nitrogen and oxygen atoms in total. The summed E-state index contributed by atoms with van der Waals surface area (Å²) in [6, 6.07) is 16.9. The summed E-state index contributed by atoms with van der Waals surface area (Å²) in [5.41, 5.74) is 5.89. The molecule has 0 unspecified atom stereocenters. The Bertz CT molecular complexity index is 600. The first-order chi connectivity index (χ1) is 9.36. The normalized spacial score (nSPS) is 11.2. The topological polar surface area (TPSA) is 12.0 Å². The summed E-state index contributed by atoms with van der Waals surface area (Å²) in [6.45, 7) is 12.9. The molecule has 0 aliphatic rings. The predicted octanol–water partition coefficient (Wildman–Crippen LogP) is 5.38. The van der Waals surface area contributed by atoms with Gasteiger partial charge >= 0.3 is 0 Å². The van der Waals surface area contributed by atoms with Crippen molar-refractivity contribution in [3.63, 3.8) is 0 Å². The Morgan fingerprint density at radius 3 is 2.20 bits per heavy atom. The summed E-state index contributed by atoms with van der Waals surface area (Å²) in [5, 5.41) is 3.36. The van der Waals surface area contributed by atoms with Gasteiger partial charge in [-0.1, -0.05) is 63.7 Å². The molecule has 0 amide bonds. The third kappa shape index (κ3) is 3.51. The highest BCUT2D eigenvalue weighted by molar-refractivity contribution is 5.75. The predicted molar refractivity (Wildman–Crippen MR) is 89.0 cm³/mol. The van der Waals surface area contributed by atoms with Crippen molar-refractivity contribution in [3.8, 4) is 0 Å². The number of aryl methyl sites for hydroxylation is 1. The fraction of sp³-hybridized carbons (Fsp3) is 0.263. The summed E-state index contributed by atoms with van der Waals surface area (Å²) in [6.07, 6.45) is 0. The summed E-state index contributed by atoms with van der Waals surface area (Å²) < 4.78 is 0. The third-order valence-corrected chi connectivity index (χ3v) is 3.41. The Balaban J connectivity index is 2.14. The summed E-state index contributed by atoms with van der Waals surface area (Å²) in [7, 11) is 0. The second-order valence-electron chi connectivity index (χ2n) is 6.30. The molecule has 0 spiro atoms. The first-order valence-corrected chi connectivity index (χ1v) is 7.00. The SMILES string of the molecule is C=C(Nc1cccc(C)c1)c1ccc(C(C)(C)C)cc1. The van der Waals surface area contributed by atoms with Crippen molar-refractivity contribution in [1.29, 1.82) is 0 Å². The molecule has 0 saturated heterocycles. The van der Waals surface area contributed by atoms with Crippen molar-refractivity contribution in [2.75, 3.05) is 5.32 Å². The summed E-state index contributed by atoms with van der Waals surface area (Å²) in [5.74, 6) is 0. The van der Waals surface area contributed by atoms with Gasteiger partial charge in [0.05, 0.1) is 0 Å². The smallest absolute Gasteiger partial charge is 0.0386 e. The highest BCUT2D eigenvalue weighted by Gasteiger charge is 2.13. The molecule has 0 bridgehead atoms. The van der Waals surface area contributed by atoms with Crippen LogP contribution in [-0.2, 0) is 5.41 Å². The number of hydrogen-bond donors (Lipinski definition) is 1. The summed E-state index contributed by atoms with van der Waals surface area (Å²) in [4.78, 5) is 0. The Kier molecular flexibility index (Phi) is 3.99. The molecule has 2 rings (SSSR count). The van der Waals surface area contributed by atoms with Crippen molar-refractivity contribution in [2.45, 2.75) is 33.1 Å². The average Bonchev–Trinajstić information content (AvgIpc) is 2.38. The van der Waals surface area contributed by atoms with E-state index in [1.165, 1.54) is 11.1 Å². The van der Waals surface area contributed by atoms with Gasteiger partial charge in [0.1, 0.15) is 0 Å². The van der Waals surface area contributed by atoms with Crippen LogP contribution in [0.15, 0.2) is 55.1 Å². The lowest BCUT2D eigenvalue weighted by Gasteiger charge is -2.19. The number of nitrogens with one attached hydrogen (secondary N) is 1. The molecule has 104 valence electrons. The van der Waals surface area contributed by atoms with Gasteiger partial charge in [0, 0.05) is 11.4 Å². The van der Waals surface area contributed by atoms with Gasteiger partial charge in [0.2, 0.25) is 0 Å². The van der Waals surface area contributed by atoms with Crippen molar-refractivity contribution in [1.82, 2.24) is 0 Å². The second-order valence-corrected chi connectivity index (χ2v) is 6.30. The largest absolute Gasteiger partial charge is 0.356 e. The van der Waals surface area contributed by atoms with Crippen LogP contribution in [0, 0.1) is 6.92 Å². The third-order valence-electron chi connectivity index (χ3n) is 3.41. The van der Waals surface area contributed by atoms with Gasteiger partial charge in [-0.3, -0.25) is 0 Å². The summed E-state index contributed by atoms with van der Waals surface area (Å²) >= 11 is 0. The first-order valence-electron chi connectivity index (χ1n) is 7.00. The van der Waals surface area contributed by atoms with E-state index in [2.05, 4.69) is 82.1 Å².